The number of ketones is 1. The highest BCUT2D eigenvalue weighted by Crippen LogP contribution is 2.44. The summed E-state index contributed by atoms with van der Waals surface area (Å²) in [5.41, 5.74) is 0.176. The Labute approximate surface area is 119 Å². The Morgan fingerprint density at radius 3 is 2.00 bits per heavy atom. The third kappa shape index (κ3) is 3.59. The quantitative estimate of drug-likeness (QED) is 0.754. The van der Waals surface area contributed by atoms with Crippen LogP contribution in [0.15, 0.2) is 0 Å². The fourth-order valence-electron chi connectivity index (χ4n) is 3.86. The van der Waals surface area contributed by atoms with Gasteiger partial charge in [0.05, 0.1) is 0 Å². The molecule has 0 aromatic carbocycles. The Hall–Kier alpha value is -0.370. The molecule has 0 aromatic heterocycles. The molecule has 2 nitrogen and oxygen atoms in total. The summed E-state index contributed by atoms with van der Waals surface area (Å²) < 4.78 is 0. The molecule has 1 heterocycles. The Balaban J connectivity index is 3.15. The van der Waals surface area contributed by atoms with Gasteiger partial charge in [0, 0.05) is 24.4 Å². The van der Waals surface area contributed by atoms with Gasteiger partial charge in [-0.1, -0.05) is 54.9 Å². The number of Topliss-reactive ketones (excluding diaryl/α,β-unsaturated/α-hetero) is 1. The molecule has 1 saturated heterocycles. The van der Waals surface area contributed by atoms with E-state index in [2.05, 4.69) is 60.4 Å². The van der Waals surface area contributed by atoms with Crippen LogP contribution in [0.4, 0.5) is 0 Å². The van der Waals surface area contributed by atoms with E-state index in [4.69, 9.17) is 0 Å². The van der Waals surface area contributed by atoms with Crippen LogP contribution in [0.25, 0.3) is 0 Å². The summed E-state index contributed by atoms with van der Waals surface area (Å²) in [7, 11) is 2.20. The van der Waals surface area contributed by atoms with Crippen molar-refractivity contribution in [2.24, 2.45) is 22.7 Å². The topological polar surface area (TPSA) is 20.3 Å². The van der Waals surface area contributed by atoms with E-state index in [-0.39, 0.29) is 22.7 Å². The third-order valence-electron chi connectivity index (χ3n) is 4.47. The van der Waals surface area contributed by atoms with Crippen molar-refractivity contribution >= 4 is 5.78 Å². The van der Waals surface area contributed by atoms with Gasteiger partial charge in [0.25, 0.3) is 0 Å². The standard InChI is InChI=1S/C17H33NO/c1-9-10-12-11-18(8)15(17(5,6)7)13(14(12)19)16(2,3)4/h12-13,15H,9-11H2,1-8H3. The molecule has 0 aromatic rings. The monoisotopic (exact) mass is 267 g/mol. The lowest BCUT2D eigenvalue weighted by Crippen LogP contribution is -2.60. The van der Waals surface area contributed by atoms with Crippen molar-refractivity contribution in [1.82, 2.24) is 4.90 Å². The molecule has 0 bridgehead atoms. The first-order chi connectivity index (χ1) is 8.50. The van der Waals surface area contributed by atoms with Gasteiger partial charge in [-0.25, -0.2) is 0 Å². The van der Waals surface area contributed by atoms with Gasteiger partial charge in [0.2, 0.25) is 0 Å². The van der Waals surface area contributed by atoms with Gasteiger partial charge in [0.15, 0.2) is 0 Å². The van der Waals surface area contributed by atoms with Gasteiger partial charge in [-0.15, -0.1) is 0 Å². The number of rotatable bonds is 2. The zero-order valence-electron chi connectivity index (χ0n) is 14.2. The number of likely N-dealkylation sites (tertiary alicyclic amines) is 1. The summed E-state index contributed by atoms with van der Waals surface area (Å²) in [4.78, 5) is 15.4. The molecule has 2 heteroatoms. The van der Waals surface area contributed by atoms with E-state index in [9.17, 15) is 4.79 Å². The van der Waals surface area contributed by atoms with Crippen LogP contribution in [0.5, 0.6) is 0 Å². The maximum Gasteiger partial charge on any atom is 0.142 e. The molecule has 0 N–H and O–H groups in total. The second-order valence-electron chi connectivity index (χ2n) is 8.48. The van der Waals surface area contributed by atoms with E-state index >= 15 is 0 Å². The summed E-state index contributed by atoms with van der Waals surface area (Å²) in [5.74, 6) is 0.882. The number of hydrogen-bond acceptors (Lipinski definition) is 2. The Kier molecular flexibility index (Phi) is 4.88. The van der Waals surface area contributed by atoms with E-state index in [0.29, 0.717) is 11.8 Å². The molecule has 112 valence electrons. The Morgan fingerprint density at radius 2 is 1.63 bits per heavy atom. The van der Waals surface area contributed by atoms with E-state index in [1.807, 2.05) is 0 Å². The number of hydrogen-bond donors (Lipinski definition) is 0. The van der Waals surface area contributed by atoms with Crippen LogP contribution in [0, 0.1) is 22.7 Å². The van der Waals surface area contributed by atoms with Gasteiger partial charge in [-0.2, -0.15) is 0 Å². The molecule has 1 rings (SSSR count). The van der Waals surface area contributed by atoms with Crippen molar-refractivity contribution in [3.8, 4) is 0 Å². The maximum atomic E-state index is 12.9. The van der Waals surface area contributed by atoms with E-state index < -0.39 is 0 Å². The van der Waals surface area contributed by atoms with E-state index in [1.165, 1.54) is 0 Å². The first kappa shape index (κ1) is 16.7. The minimum absolute atomic E-state index is 0.0374. The lowest BCUT2D eigenvalue weighted by molar-refractivity contribution is -0.144. The van der Waals surface area contributed by atoms with Crippen molar-refractivity contribution in [2.75, 3.05) is 13.6 Å². The summed E-state index contributed by atoms with van der Waals surface area (Å²) in [6, 6.07) is 0.341. The molecule has 0 aliphatic carbocycles. The van der Waals surface area contributed by atoms with Crippen LogP contribution in [0.2, 0.25) is 0 Å². The third-order valence-corrected chi connectivity index (χ3v) is 4.47. The molecule has 0 saturated carbocycles. The average molecular weight is 267 g/mol. The van der Waals surface area contributed by atoms with Crippen LogP contribution in [-0.2, 0) is 4.79 Å². The average Bonchev–Trinajstić information content (AvgIpc) is 2.19. The molecule has 1 aliphatic rings. The number of carbonyl (C=O) groups is 1. The molecule has 3 atom stereocenters. The summed E-state index contributed by atoms with van der Waals surface area (Å²) in [6.07, 6.45) is 2.13. The van der Waals surface area contributed by atoms with Crippen molar-refractivity contribution in [3.63, 3.8) is 0 Å². The van der Waals surface area contributed by atoms with Gasteiger partial charge in [-0.05, 0) is 24.3 Å². The zero-order chi connectivity index (χ0) is 15.0. The van der Waals surface area contributed by atoms with Crippen molar-refractivity contribution in [1.29, 1.82) is 0 Å². The lowest BCUT2D eigenvalue weighted by Gasteiger charge is -2.52. The van der Waals surface area contributed by atoms with Crippen LogP contribution in [0.3, 0.4) is 0 Å². The lowest BCUT2D eigenvalue weighted by atomic mass is 9.62. The Morgan fingerprint density at radius 1 is 1.11 bits per heavy atom. The molecule has 1 aliphatic heterocycles. The second-order valence-corrected chi connectivity index (χ2v) is 8.48. The Bertz CT molecular complexity index is 321. The highest BCUT2D eigenvalue weighted by atomic mass is 16.1. The zero-order valence-corrected chi connectivity index (χ0v) is 14.2. The van der Waals surface area contributed by atoms with Gasteiger partial charge in [0.1, 0.15) is 5.78 Å². The highest BCUT2D eigenvalue weighted by molar-refractivity contribution is 5.86. The maximum absolute atomic E-state index is 12.9. The number of carbonyl (C=O) groups excluding carboxylic acids is 1. The summed E-state index contributed by atoms with van der Waals surface area (Å²) in [5, 5.41) is 0. The number of piperidine rings is 1. The largest absolute Gasteiger partial charge is 0.301 e. The predicted molar refractivity (Wildman–Crippen MR) is 82.2 cm³/mol. The van der Waals surface area contributed by atoms with E-state index in [1.54, 1.807) is 0 Å². The minimum atomic E-state index is 0.0374. The summed E-state index contributed by atoms with van der Waals surface area (Å²) >= 11 is 0. The molecule has 0 spiro atoms. The predicted octanol–water partition coefficient (Wildman–Crippen LogP) is 3.99. The van der Waals surface area contributed by atoms with Crippen molar-refractivity contribution in [3.05, 3.63) is 0 Å². The SMILES string of the molecule is CCCC1CN(C)C(C(C)(C)C)C(C(C)(C)C)C1=O. The fourth-order valence-corrected chi connectivity index (χ4v) is 3.86. The number of nitrogens with zero attached hydrogens (tertiary/aromatic N) is 1. The van der Waals surface area contributed by atoms with Crippen LogP contribution in [-0.4, -0.2) is 30.3 Å². The van der Waals surface area contributed by atoms with Crippen molar-refractivity contribution in [2.45, 2.75) is 67.3 Å². The molecule has 0 amide bonds. The van der Waals surface area contributed by atoms with Crippen LogP contribution in [0.1, 0.15) is 61.3 Å². The summed E-state index contributed by atoms with van der Waals surface area (Å²) in [6.45, 7) is 16.6. The smallest absolute Gasteiger partial charge is 0.142 e. The molecule has 3 unspecified atom stereocenters. The molecular formula is C17H33NO. The molecule has 0 radical (unpaired) electrons. The normalized spacial score (nSPS) is 30.7. The molecule has 1 fully saturated rings. The minimum Gasteiger partial charge on any atom is -0.301 e. The van der Waals surface area contributed by atoms with E-state index in [0.717, 1.165) is 19.4 Å². The van der Waals surface area contributed by atoms with Crippen LogP contribution < -0.4 is 0 Å². The van der Waals surface area contributed by atoms with Gasteiger partial charge in [-0.3, -0.25) is 4.79 Å². The molecular weight excluding hydrogens is 234 g/mol. The first-order valence-corrected chi connectivity index (χ1v) is 7.74. The van der Waals surface area contributed by atoms with Crippen molar-refractivity contribution < 1.29 is 4.79 Å². The second kappa shape index (κ2) is 5.55. The van der Waals surface area contributed by atoms with Crippen LogP contribution >= 0.6 is 0 Å². The molecule has 19 heavy (non-hydrogen) atoms. The van der Waals surface area contributed by atoms with Gasteiger partial charge < -0.3 is 4.90 Å². The van der Waals surface area contributed by atoms with Gasteiger partial charge >= 0.3 is 0 Å². The highest BCUT2D eigenvalue weighted by Gasteiger charge is 2.50. The first-order valence-electron chi connectivity index (χ1n) is 7.74. The fraction of sp³-hybridized carbons (Fsp3) is 0.941.